The highest BCUT2D eigenvalue weighted by molar-refractivity contribution is 5.85. The zero-order valence-corrected chi connectivity index (χ0v) is 9.36. The lowest BCUT2D eigenvalue weighted by atomic mass is 9.71. The zero-order valence-electron chi connectivity index (χ0n) is 8.54. The Morgan fingerprint density at radius 2 is 2.21 bits per heavy atom. The molecule has 82 valence electrons. The molecular weight excluding hydrogens is 202 g/mol. The summed E-state index contributed by atoms with van der Waals surface area (Å²) in [5.41, 5.74) is -0.174. The van der Waals surface area contributed by atoms with Gasteiger partial charge in [-0.25, -0.2) is 0 Å². The molecular formula is C10H18ClNO2. The third-order valence-corrected chi connectivity index (χ3v) is 3.59. The number of carbonyl (C=O) groups is 1. The summed E-state index contributed by atoms with van der Waals surface area (Å²) in [6, 6.07) is 0.383. The second kappa shape index (κ2) is 4.49. The van der Waals surface area contributed by atoms with E-state index in [1.807, 2.05) is 0 Å². The van der Waals surface area contributed by atoms with E-state index < -0.39 is 0 Å². The first kappa shape index (κ1) is 11.8. The molecule has 0 aromatic heterocycles. The van der Waals surface area contributed by atoms with E-state index in [2.05, 4.69) is 5.32 Å². The monoisotopic (exact) mass is 219 g/mol. The summed E-state index contributed by atoms with van der Waals surface area (Å²) < 4.78 is 4.92. The number of hydrogen-bond donors (Lipinski definition) is 1. The van der Waals surface area contributed by atoms with Crippen LogP contribution in [-0.2, 0) is 9.53 Å². The normalized spacial score (nSPS) is 35.6. The zero-order chi connectivity index (χ0) is 9.31. The first-order chi connectivity index (χ1) is 6.29. The molecule has 4 heteroatoms. The van der Waals surface area contributed by atoms with Crippen LogP contribution >= 0.6 is 12.4 Å². The molecule has 0 amide bonds. The number of fused-ring (bicyclic) bond motifs is 1. The third kappa shape index (κ3) is 1.63. The highest BCUT2D eigenvalue weighted by Gasteiger charge is 2.50. The molecule has 2 atom stereocenters. The Bertz CT molecular complexity index is 222. The van der Waals surface area contributed by atoms with Gasteiger partial charge in [0.15, 0.2) is 0 Å². The van der Waals surface area contributed by atoms with Crippen molar-refractivity contribution < 1.29 is 9.53 Å². The fourth-order valence-electron chi connectivity index (χ4n) is 2.86. The van der Waals surface area contributed by atoms with Gasteiger partial charge in [0.25, 0.3) is 0 Å². The minimum Gasteiger partial charge on any atom is -0.469 e. The van der Waals surface area contributed by atoms with Crippen LogP contribution < -0.4 is 5.32 Å². The number of ether oxygens (including phenoxy) is 1. The second-order valence-electron chi connectivity index (χ2n) is 4.15. The minimum absolute atomic E-state index is 0. The summed E-state index contributed by atoms with van der Waals surface area (Å²) >= 11 is 0. The van der Waals surface area contributed by atoms with Gasteiger partial charge in [0.2, 0.25) is 0 Å². The quantitative estimate of drug-likeness (QED) is 0.680. The summed E-state index contributed by atoms with van der Waals surface area (Å²) in [5.74, 6) is 0.00204. The molecule has 0 aromatic carbocycles. The molecule has 1 aliphatic carbocycles. The molecule has 2 aliphatic rings. The van der Waals surface area contributed by atoms with Crippen LogP contribution in [0.15, 0.2) is 0 Å². The van der Waals surface area contributed by atoms with Crippen molar-refractivity contribution in [2.45, 2.75) is 38.1 Å². The van der Waals surface area contributed by atoms with Crippen molar-refractivity contribution in [1.29, 1.82) is 0 Å². The van der Waals surface area contributed by atoms with Crippen molar-refractivity contribution in [2.24, 2.45) is 5.41 Å². The topological polar surface area (TPSA) is 38.3 Å². The average Bonchev–Trinajstić information content (AvgIpc) is 2.61. The number of carbonyl (C=O) groups excluding carboxylic acids is 1. The summed E-state index contributed by atoms with van der Waals surface area (Å²) in [6.45, 7) is 0.972. The molecule has 2 fully saturated rings. The lowest BCUT2D eigenvalue weighted by Crippen LogP contribution is -2.45. The van der Waals surface area contributed by atoms with Gasteiger partial charge in [-0.3, -0.25) is 4.79 Å². The molecule has 3 nitrogen and oxygen atoms in total. The molecule has 2 rings (SSSR count). The summed E-state index contributed by atoms with van der Waals surface area (Å²) in [7, 11) is 1.50. The van der Waals surface area contributed by atoms with E-state index in [4.69, 9.17) is 4.74 Å². The molecule has 0 aromatic rings. The van der Waals surface area contributed by atoms with Crippen LogP contribution in [0.5, 0.6) is 0 Å². The van der Waals surface area contributed by atoms with Crippen LogP contribution in [0.2, 0.25) is 0 Å². The molecule has 1 saturated carbocycles. The average molecular weight is 220 g/mol. The Kier molecular flexibility index (Phi) is 3.78. The highest BCUT2D eigenvalue weighted by atomic mass is 35.5. The summed E-state index contributed by atoms with van der Waals surface area (Å²) in [6.07, 6.45) is 5.53. The Hall–Kier alpha value is -0.280. The maximum absolute atomic E-state index is 11.7. The Morgan fingerprint density at radius 1 is 1.43 bits per heavy atom. The van der Waals surface area contributed by atoms with Crippen LogP contribution in [0.3, 0.4) is 0 Å². The molecule has 2 unspecified atom stereocenters. The first-order valence-corrected chi connectivity index (χ1v) is 5.11. The summed E-state index contributed by atoms with van der Waals surface area (Å²) in [5, 5.41) is 3.41. The van der Waals surface area contributed by atoms with Crippen LogP contribution in [0.4, 0.5) is 0 Å². The maximum atomic E-state index is 11.7. The number of esters is 1. The molecule has 0 spiro atoms. The van der Waals surface area contributed by atoms with Crippen molar-refractivity contribution in [1.82, 2.24) is 5.32 Å². The lowest BCUT2D eigenvalue weighted by molar-refractivity contribution is -0.155. The Labute approximate surface area is 91.0 Å². The van der Waals surface area contributed by atoms with E-state index >= 15 is 0 Å². The van der Waals surface area contributed by atoms with Crippen molar-refractivity contribution in [2.75, 3.05) is 13.7 Å². The van der Waals surface area contributed by atoms with Crippen LogP contribution in [0, 0.1) is 5.41 Å². The van der Waals surface area contributed by atoms with Gasteiger partial charge in [-0.15, -0.1) is 12.4 Å². The minimum atomic E-state index is -0.174. The van der Waals surface area contributed by atoms with E-state index in [1.54, 1.807) is 0 Å². The lowest BCUT2D eigenvalue weighted by Gasteiger charge is -2.36. The van der Waals surface area contributed by atoms with E-state index in [0.717, 1.165) is 25.8 Å². The fourth-order valence-corrected chi connectivity index (χ4v) is 2.86. The smallest absolute Gasteiger partial charge is 0.313 e. The van der Waals surface area contributed by atoms with Crippen molar-refractivity contribution in [3.8, 4) is 0 Å². The van der Waals surface area contributed by atoms with Gasteiger partial charge >= 0.3 is 5.97 Å². The molecule has 1 aliphatic heterocycles. The largest absolute Gasteiger partial charge is 0.469 e. The van der Waals surface area contributed by atoms with Gasteiger partial charge in [-0.2, -0.15) is 0 Å². The van der Waals surface area contributed by atoms with Crippen LogP contribution in [0.25, 0.3) is 0 Å². The van der Waals surface area contributed by atoms with Gasteiger partial charge in [0, 0.05) is 6.04 Å². The molecule has 0 bridgehead atoms. The Balaban J connectivity index is 0.000000980. The number of rotatable bonds is 1. The predicted octanol–water partition coefficient (Wildman–Crippen LogP) is 1.50. The van der Waals surface area contributed by atoms with Crippen molar-refractivity contribution in [3.63, 3.8) is 0 Å². The summed E-state index contributed by atoms with van der Waals surface area (Å²) in [4.78, 5) is 11.7. The standard InChI is InChI=1S/C10H17NO2.ClH/c1-13-9(12)10-5-3-2-4-8(10)11-7-6-10;/h8,11H,2-7H2,1H3;1H. The number of methoxy groups -OCH3 is 1. The molecule has 14 heavy (non-hydrogen) atoms. The fraction of sp³-hybridized carbons (Fsp3) is 0.900. The van der Waals surface area contributed by atoms with Crippen LogP contribution in [0.1, 0.15) is 32.1 Å². The van der Waals surface area contributed by atoms with Crippen molar-refractivity contribution >= 4 is 18.4 Å². The molecule has 1 heterocycles. The first-order valence-electron chi connectivity index (χ1n) is 5.11. The maximum Gasteiger partial charge on any atom is 0.313 e. The predicted molar refractivity (Wildman–Crippen MR) is 56.6 cm³/mol. The molecule has 1 N–H and O–H groups in total. The van der Waals surface area contributed by atoms with E-state index in [0.29, 0.717) is 6.04 Å². The Morgan fingerprint density at radius 3 is 2.93 bits per heavy atom. The van der Waals surface area contributed by atoms with Gasteiger partial charge < -0.3 is 10.1 Å². The van der Waals surface area contributed by atoms with Gasteiger partial charge in [-0.1, -0.05) is 12.8 Å². The van der Waals surface area contributed by atoms with Gasteiger partial charge in [0.05, 0.1) is 12.5 Å². The SMILES string of the molecule is COC(=O)C12CCCCC1NCC2.Cl. The number of halogens is 1. The highest BCUT2D eigenvalue weighted by Crippen LogP contribution is 2.43. The van der Waals surface area contributed by atoms with Gasteiger partial charge in [-0.05, 0) is 25.8 Å². The van der Waals surface area contributed by atoms with E-state index in [9.17, 15) is 4.79 Å². The second-order valence-corrected chi connectivity index (χ2v) is 4.15. The molecule has 1 saturated heterocycles. The third-order valence-electron chi connectivity index (χ3n) is 3.59. The number of hydrogen-bond acceptors (Lipinski definition) is 3. The van der Waals surface area contributed by atoms with E-state index in [1.165, 1.54) is 20.0 Å². The van der Waals surface area contributed by atoms with E-state index in [-0.39, 0.29) is 23.8 Å². The van der Waals surface area contributed by atoms with Gasteiger partial charge in [0.1, 0.15) is 0 Å². The van der Waals surface area contributed by atoms with Crippen molar-refractivity contribution in [3.05, 3.63) is 0 Å². The molecule has 0 radical (unpaired) electrons. The number of nitrogens with one attached hydrogen (secondary N) is 1. The van der Waals surface area contributed by atoms with Crippen LogP contribution in [-0.4, -0.2) is 25.7 Å².